The van der Waals surface area contributed by atoms with Gasteiger partial charge in [-0.25, -0.2) is 4.79 Å². The second-order valence-corrected chi connectivity index (χ2v) is 7.53. The van der Waals surface area contributed by atoms with Crippen molar-refractivity contribution in [1.82, 2.24) is 4.90 Å². The standard InChI is InChI=1S/C21H23NO4/c1-20(2,3)21(16-12-8-5-9-13-16)18(15-10-6-4-7-11-15)26-17(23)14-22(21)19(24)25/h4-13,18H,14H2,1-3H3,(H,24,25)/t18-,21+/m0/s1. The number of benzene rings is 2. The highest BCUT2D eigenvalue weighted by Crippen LogP contribution is 2.55. The molecule has 0 radical (unpaired) electrons. The van der Waals surface area contributed by atoms with Crippen LogP contribution < -0.4 is 0 Å². The summed E-state index contributed by atoms with van der Waals surface area (Å²) in [6, 6.07) is 18.8. The molecule has 0 aromatic heterocycles. The molecule has 136 valence electrons. The molecule has 2 aromatic carbocycles. The van der Waals surface area contributed by atoms with Gasteiger partial charge in [-0.3, -0.25) is 9.69 Å². The Hall–Kier alpha value is -2.82. The van der Waals surface area contributed by atoms with Crippen LogP contribution in [0.5, 0.6) is 0 Å². The number of hydrogen-bond acceptors (Lipinski definition) is 3. The molecule has 5 nitrogen and oxygen atoms in total. The van der Waals surface area contributed by atoms with E-state index in [1.807, 2.05) is 81.4 Å². The van der Waals surface area contributed by atoms with E-state index in [-0.39, 0.29) is 6.54 Å². The minimum atomic E-state index is -1.14. The second-order valence-electron chi connectivity index (χ2n) is 7.53. The average molecular weight is 353 g/mol. The van der Waals surface area contributed by atoms with Crippen LogP contribution in [-0.2, 0) is 15.1 Å². The minimum Gasteiger partial charge on any atom is -0.465 e. The maximum absolute atomic E-state index is 12.3. The number of morpholine rings is 1. The molecule has 0 bridgehead atoms. The number of esters is 1. The lowest BCUT2D eigenvalue weighted by Crippen LogP contribution is -2.64. The summed E-state index contributed by atoms with van der Waals surface area (Å²) in [5.41, 5.74) is -0.0367. The van der Waals surface area contributed by atoms with E-state index in [1.165, 1.54) is 4.90 Å². The zero-order valence-corrected chi connectivity index (χ0v) is 15.2. The third-order valence-corrected chi connectivity index (χ3v) is 5.03. The summed E-state index contributed by atoms with van der Waals surface area (Å²) in [5.74, 6) is -0.544. The number of ether oxygens (including phenoxy) is 1. The predicted molar refractivity (Wildman–Crippen MR) is 97.6 cm³/mol. The van der Waals surface area contributed by atoms with Gasteiger partial charge in [-0.1, -0.05) is 81.4 Å². The monoisotopic (exact) mass is 353 g/mol. The number of cyclic esters (lactones) is 1. The molecule has 1 heterocycles. The second kappa shape index (κ2) is 6.48. The van der Waals surface area contributed by atoms with E-state index in [4.69, 9.17) is 4.74 Å². The van der Waals surface area contributed by atoms with E-state index >= 15 is 0 Å². The van der Waals surface area contributed by atoms with Gasteiger partial charge in [0.25, 0.3) is 0 Å². The summed E-state index contributed by atoms with van der Waals surface area (Å²) in [6.45, 7) is 5.63. The van der Waals surface area contributed by atoms with Crippen LogP contribution in [0.15, 0.2) is 60.7 Å². The molecule has 0 unspecified atom stereocenters. The van der Waals surface area contributed by atoms with Crippen LogP contribution in [0.4, 0.5) is 4.79 Å². The lowest BCUT2D eigenvalue weighted by molar-refractivity contribution is -0.191. The van der Waals surface area contributed by atoms with E-state index in [0.29, 0.717) is 0 Å². The lowest BCUT2D eigenvalue weighted by Gasteiger charge is -2.56. The van der Waals surface area contributed by atoms with Crippen LogP contribution in [0.25, 0.3) is 0 Å². The minimum absolute atomic E-state index is 0.301. The Kier molecular flexibility index (Phi) is 4.48. The summed E-state index contributed by atoms with van der Waals surface area (Å²) < 4.78 is 5.81. The summed E-state index contributed by atoms with van der Waals surface area (Å²) in [5, 5.41) is 10.00. The molecular weight excluding hydrogens is 330 g/mol. The van der Waals surface area contributed by atoms with Gasteiger partial charge in [0.2, 0.25) is 0 Å². The normalized spacial score (nSPS) is 23.4. The Morgan fingerprint density at radius 3 is 2.12 bits per heavy atom. The van der Waals surface area contributed by atoms with Crippen molar-refractivity contribution in [2.24, 2.45) is 5.41 Å². The fourth-order valence-electron chi connectivity index (χ4n) is 4.04. The topological polar surface area (TPSA) is 66.8 Å². The summed E-state index contributed by atoms with van der Waals surface area (Å²) >= 11 is 0. The Morgan fingerprint density at radius 2 is 1.62 bits per heavy atom. The molecule has 1 N–H and O–H groups in total. The molecule has 0 saturated carbocycles. The van der Waals surface area contributed by atoms with Gasteiger partial charge in [0.1, 0.15) is 12.1 Å². The number of carboxylic acid groups (broad SMARTS) is 1. The van der Waals surface area contributed by atoms with Crippen molar-refractivity contribution in [3.63, 3.8) is 0 Å². The highest BCUT2D eigenvalue weighted by atomic mass is 16.6. The zero-order chi connectivity index (χ0) is 18.9. The zero-order valence-electron chi connectivity index (χ0n) is 15.2. The summed E-state index contributed by atoms with van der Waals surface area (Å²) in [6.07, 6.45) is -1.88. The van der Waals surface area contributed by atoms with Crippen molar-refractivity contribution in [2.45, 2.75) is 32.4 Å². The van der Waals surface area contributed by atoms with Gasteiger partial charge < -0.3 is 9.84 Å². The van der Waals surface area contributed by atoms with Crippen LogP contribution in [-0.4, -0.2) is 28.6 Å². The van der Waals surface area contributed by atoms with Gasteiger partial charge in [0, 0.05) is 0 Å². The van der Waals surface area contributed by atoms with Crippen LogP contribution >= 0.6 is 0 Å². The molecule has 1 amide bonds. The number of hydrogen-bond donors (Lipinski definition) is 1. The molecule has 1 fully saturated rings. The third kappa shape index (κ3) is 2.73. The van der Waals surface area contributed by atoms with Crippen molar-refractivity contribution in [2.75, 3.05) is 6.54 Å². The number of rotatable bonds is 2. The first kappa shape index (κ1) is 18.0. The van der Waals surface area contributed by atoms with Crippen molar-refractivity contribution in [3.8, 4) is 0 Å². The van der Waals surface area contributed by atoms with Crippen LogP contribution in [0.1, 0.15) is 38.0 Å². The molecule has 0 spiro atoms. The van der Waals surface area contributed by atoms with Crippen LogP contribution in [0, 0.1) is 5.41 Å². The summed E-state index contributed by atoms with van der Waals surface area (Å²) in [4.78, 5) is 25.8. The van der Waals surface area contributed by atoms with Crippen LogP contribution in [0.2, 0.25) is 0 Å². The molecule has 3 rings (SSSR count). The molecule has 2 aromatic rings. The number of nitrogens with zero attached hydrogens (tertiary/aromatic N) is 1. The van der Waals surface area contributed by atoms with E-state index in [9.17, 15) is 14.7 Å². The van der Waals surface area contributed by atoms with Crippen molar-refractivity contribution in [1.29, 1.82) is 0 Å². The predicted octanol–water partition coefficient (Wildman–Crippen LogP) is 4.21. The van der Waals surface area contributed by atoms with Gasteiger partial charge in [-0.2, -0.15) is 0 Å². The molecule has 1 aliphatic rings. The van der Waals surface area contributed by atoms with Crippen molar-refractivity contribution in [3.05, 3.63) is 71.8 Å². The molecule has 5 heteroatoms. The van der Waals surface area contributed by atoms with E-state index in [2.05, 4.69) is 0 Å². The maximum Gasteiger partial charge on any atom is 0.408 e. The third-order valence-electron chi connectivity index (χ3n) is 5.03. The Bertz CT molecular complexity index is 798. The van der Waals surface area contributed by atoms with E-state index in [1.54, 1.807) is 0 Å². The van der Waals surface area contributed by atoms with Gasteiger partial charge in [-0.15, -0.1) is 0 Å². The maximum atomic E-state index is 12.3. The Balaban J connectivity index is 2.35. The Morgan fingerprint density at radius 1 is 1.08 bits per heavy atom. The quantitative estimate of drug-likeness (QED) is 0.822. The summed E-state index contributed by atoms with van der Waals surface area (Å²) in [7, 11) is 0. The highest BCUT2D eigenvalue weighted by molar-refractivity contribution is 5.80. The number of amides is 1. The molecule has 1 aliphatic heterocycles. The molecule has 1 saturated heterocycles. The average Bonchev–Trinajstić information content (AvgIpc) is 2.61. The van der Waals surface area contributed by atoms with Gasteiger partial charge in [0.05, 0.1) is 0 Å². The lowest BCUT2D eigenvalue weighted by atomic mass is 9.63. The van der Waals surface area contributed by atoms with Crippen LogP contribution in [0.3, 0.4) is 0 Å². The molecule has 0 aliphatic carbocycles. The van der Waals surface area contributed by atoms with E-state index < -0.39 is 29.1 Å². The fourth-order valence-corrected chi connectivity index (χ4v) is 4.04. The Labute approximate surface area is 153 Å². The van der Waals surface area contributed by atoms with Gasteiger partial charge >= 0.3 is 12.1 Å². The van der Waals surface area contributed by atoms with Gasteiger partial charge in [-0.05, 0) is 16.5 Å². The first-order valence-electron chi connectivity index (χ1n) is 8.59. The SMILES string of the molecule is CC(C)(C)[C@@]1(c2ccccc2)[C@H](c2ccccc2)OC(=O)CN1C(=O)O. The number of carbonyl (C=O) groups excluding carboxylic acids is 1. The molecular formula is C21H23NO4. The smallest absolute Gasteiger partial charge is 0.408 e. The van der Waals surface area contributed by atoms with Crippen molar-refractivity contribution < 1.29 is 19.4 Å². The fraction of sp³-hybridized carbons (Fsp3) is 0.333. The largest absolute Gasteiger partial charge is 0.465 e. The first-order valence-corrected chi connectivity index (χ1v) is 8.59. The number of carbonyl (C=O) groups is 2. The van der Waals surface area contributed by atoms with E-state index in [0.717, 1.165) is 11.1 Å². The first-order chi connectivity index (χ1) is 12.3. The molecule has 26 heavy (non-hydrogen) atoms. The van der Waals surface area contributed by atoms with Gasteiger partial charge in [0.15, 0.2) is 6.10 Å². The highest BCUT2D eigenvalue weighted by Gasteiger charge is 2.60. The van der Waals surface area contributed by atoms with Crippen molar-refractivity contribution >= 4 is 12.1 Å². The molecule has 2 atom stereocenters.